The fraction of sp³-hybridized carbons (Fsp3) is 0.480. The Kier molecular flexibility index (Phi) is 5.81. The van der Waals surface area contributed by atoms with Gasteiger partial charge in [0.15, 0.2) is 0 Å². The Morgan fingerprint density at radius 2 is 1.63 bits per heavy atom. The highest BCUT2D eigenvalue weighted by atomic mass is 35.5. The van der Waals surface area contributed by atoms with Crippen molar-refractivity contribution in [1.29, 1.82) is 0 Å². The first-order valence-electron chi connectivity index (χ1n) is 11.2. The molecule has 0 aromatic heterocycles. The molecule has 0 radical (unpaired) electrons. The van der Waals surface area contributed by atoms with Crippen molar-refractivity contribution in [3.8, 4) is 0 Å². The molecule has 2 unspecified atom stereocenters. The number of hydrogen-bond acceptors (Lipinski definition) is 3. The zero-order valence-electron chi connectivity index (χ0n) is 17.4. The van der Waals surface area contributed by atoms with Gasteiger partial charge in [0.2, 0.25) is 5.91 Å². The molecule has 30 heavy (non-hydrogen) atoms. The molecular weight excluding hydrogens is 394 g/mol. The van der Waals surface area contributed by atoms with Crippen LogP contribution in [0.15, 0.2) is 54.6 Å². The van der Waals surface area contributed by atoms with Crippen LogP contribution < -0.4 is 0 Å². The summed E-state index contributed by atoms with van der Waals surface area (Å²) in [4.78, 5) is 20.2. The number of amides is 1. The molecule has 2 aromatic carbocycles. The van der Waals surface area contributed by atoms with Crippen molar-refractivity contribution in [2.75, 3.05) is 32.7 Å². The minimum absolute atomic E-state index is 0.254. The Hall–Kier alpha value is -1.88. The van der Waals surface area contributed by atoms with Gasteiger partial charge in [-0.2, -0.15) is 0 Å². The number of carbonyl (C=O) groups is 1. The van der Waals surface area contributed by atoms with E-state index in [1.54, 1.807) is 0 Å². The van der Waals surface area contributed by atoms with E-state index >= 15 is 0 Å². The monoisotopic (exact) mass is 423 g/mol. The number of carbonyl (C=O) groups excluding carboxylic acids is 1. The molecule has 2 atom stereocenters. The van der Waals surface area contributed by atoms with Gasteiger partial charge in [0.1, 0.15) is 0 Å². The topological polar surface area (TPSA) is 26.8 Å². The van der Waals surface area contributed by atoms with Crippen molar-refractivity contribution in [2.45, 2.75) is 37.9 Å². The zero-order valence-corrected chi connectivity index (χ0v) is 18.2. The molecule has 5 rings (SSSR count). The lowest BCUT2D eigenvalue weighted by Crippen LogP contribution is -2.61. The number of rotatable bonds is 5. The van der Waals surface area contributed by atoms with Gasteiger partial charge in [0.25, 0.3) is 0 Å². The third-order valence-corrected chi connectivity index (χ3v) is 7.43. The van der Waals surface area contributed by atoms with E-state index in [-0.39, 0.29) is 5.91 Å². The Labute approximate surface area is 184 Å². The SMILES string of the molecule is O=C(Cc1ccc(Cl)cc1)N1CC2CN(C3CCN(Cc4ccccc4)CC3)C2C1. The molecule has 0 spiro atoms. The normalized spacial score (nSPS) is 25.2. The molecule has 3 saturated heterocycles. The average Bonchev–Trinajstić information content (AvgIpc) is 3.08. The second-order valence-electron chi connectivity index (χ2n) is 9.12. The molecule has 3 fully saturated rings. The largest absolute Gasteiger partial charge is 0.340 e. The molecule has 1 amide bonds. The van der Waals surface area contributed by atoms with Crippen LogP contribution in [0.1, 0.15) is 24.0 Å². The highest BCUT2D eigenvalue weighted by molar-refractivity contribution is 6.30. The van der Waals surface area contributed by atoms with Crippen LogP contribution in [0.5, 0.6) is 0 Å². The summed E-state index contributed by atoms with van der Waals surface area (Å²) in [7, 11) is 0. The second kappa shape index (κ2) is 8.70. The van der Waals surface area contributed by atoms with Crippen LogP contribution in [0.3, 0.4) is 0 Å². The van der Waals surface area contributed by atoms with Gasteiger partial charge < -0.3 is 4.90 Å². The van der Waals surface area contributed by atoms with Gasteiger partial charge in [-0.05, 0) is 49.2 Å². The molecule has 2 aromatic rings. The molecule has 3 aliphatic rings. The molecule has 158 valence electrons. The summed E-state index contributed by atoms with van der Waals surface area (Å²) in [6, 6.07) is 19.7. The van der Waals surface area contributed by atoms with Gasteiger partial charge in [-0.15, -0.1) is 0 Å². The van der Waals surface area contributed by atoms with Gasteiger partial charge in [-0.1, -0.05) is 54.1 Å². The quantitative estimate of drug-likeness (QED) is 0.733. The summed E-state index contributed by atoms with van der Waals surface area (Å²) < 4.78 is 0. The van der Waals surface area contributed by atoms with Gasteiger partial charge >= 0.3 is 0 Å². The molecule has 0 bridgehead atoms. The number of nitrogens with zero attached hydrogens (tertiary/aromatic N) is 3. The van der Waals surface area contributed by atoms with Crippen molar-refractivity contribution in [3.05, 3.63) is 70.7 Å². The molecular formula is C25H30ClN3O. The summed E-state index contributed by atoms with van der Waals surface area (Å²) in [5, 5.41) is 0.718. The molecule has 5 heteroatoms. The van der Waals surface area contributed by atoms with Crippen LogP contribution in [0.4, 0.5) is 0 Å². The minimum Gasteiger partial charge on any atom is -0.340 e. The Balaban J connectivity index is 1.10. The number of piperidine rings is 1. The van der Waals surface area contributed by atoms with E-state index in [4.69, 9.17) is 11.6 Å². The highest BCUT2D eigenvalue weighted by Crippen LogP contribution is 2.36. The number of fused-ring (bicyclic) bond motifs is 1. The van der Waals surface area contributed by atoms with Crippen molar-refractivity contribution < 1.29 is 4.79 Å². The van der Waals surface area contributed by atoms with Crippen LogP contribution in [0, 0.1) is 5.92 Å². The third kappa shape index (κ3) is 4.27. The molecule has 0 aliphatic carbocycles. The first-order valence-corrected chi connectivity index (χ1v) is 11.6. The van der Waals surface area contributed by atoms with Gasteiger partial charge in [-0.25, -0.2) is 0 Å². The Bertz CT molecular complexity index is 864. The Morgan fingerprint density at radius 3 is 2.37 bits per heavy atom. The lowest BCUT2D eigenvalue weighted by Gasteiger charge is -2.50. The highest BCUT2D eigenvalue weighted by Gasteiger charge is 2.49. The van der Waals surface area contributed by atoms with Crippen molar-refractivity contribution in [2.24, 2.45) is 5.92 Å². The second-order valence-corrected chi connectivity index (χ2v) is 9.56. The van der Waals surface area contributed by atoms with Crippen LogP contribution >= 0.6 is 11.6 Å². The predicted molar refractivity (Wildman–Crippen MR) is 120 cm³/mol. The molecule has 4 nitrogen and oxygen atoms in total. The number of hydrogen-bond donors (Lipinski definition) is 0. The molecule has 0 N–H and O–H groups in total. The van der Waals surface area contributed by atoms with Gasteiger partial charge in [-0.3, -0.25) is 14.6 Å². The maximum atomic E-state index is 12.8. The van der Waals surface area contributed by atoms with Crippen molar-refractivity contribution in [1.82, 2.24) is 14.7 Å². The zero-order chi connectivity index (χ0) is 20.5. The van der Waals surface area contributed by atoms with Crippen LogP contribution in [0.25, 0.3) is 0 Å². The summed E-state index contributed by atoms with van der Waals surface area (Å²) in [5.74, 6) is 0.922. The molecule has 3 heterocycles. The van der Waals surface area contributed by atoms with Crippen LogP contribution in [-0.4, -0.2) is 65.4 Å². The predicted octanol–water partition coefficient (Wildman–Crippen LogP) is 3.69. The number of halogens is 1. The van der Waals surface area contributed by atoms with Crippen molar-refractivity contribution >= 4 is 17.5 Å². The van der Waals surface area contributed by atoms with Crippen LogP contribution in [0.2, 0.25) is 5.02 Å². The summed E-state index contributed by atoms with van der Waals surface area (Å²) in [5.41, 5.74) is 2.46. The first-order chi connectivity index (χ1) is 14.7. The lowest BCUT2D eigenvalue weighted by molar-refractivity contribution is -0.129. The molecule has 3 aliphatic heterocycles. The lowest BCUT2D eigenvalue weighted by atomic mass is 9.87. The molecule has 0 saturated carbocycles. The summed E-state index contributed by atoms with van der Waals surface area (Å²) in [6.45, 7) is 6.41. The fourth-order valence-corrected chi connectivity index (χ4v) is 5.57. The number of likely N-dealkylation sites (tertiary alicyclic amines) is 3. The van der Waals surface area contributed by atoms with Gasteiger partial charge in [0.05, 0.1) is 6.42 Å². The van der Waals surface area contributed by atoms with Crippen LogP contribution in [-0.2, 0) is 17.8 Å². The standard InChI is InChI=1S/C25H30ClN3O/c26-22-8-6-19(7-9-22)14-25(30)28-16-21-17-29(24(21)18-28)23-10-12-27(13-11-23)15-20-4-2-1-3-5-20/h1-9,21,23-24H,10-18H2. The maximum Gasteiger partial charge on any atom is 0.227 e. The number of benzene rings is 2. The minimum atomic E-state index is 0.254. The fourth-order valence-electron chi connectivity index (χ4n) is 5.44. The van der Waals surface area contributed by atoms with E-state index in [2.05, 4.69) is 45.0 Å². The smallest absolute Gasteiger partial charge is 0.227 e. The maximum absolute atomic E-state index is 12.8. The van der Waals surface area contributed by atoms with E-state index < -0.39 is 0 Å². The third-order valence-electron chi connectivity index (χ3n) is 7.17. The average molecular weight is 424 g/mol. The summed E-state index contributed by atoms with van der Waals surface area (Å²) >= 11 is 5.96. The first kappa shape index (κ1) is 20.0. The van der Waals surface area contributed by atoms with Crippen molar-refractivity contribution in [3.63, 3.8) is 0 Å². The van der Waals surface area contributed by atoms with E-state index in [1.807, 2.05) is 24.3 Å². The van der Waals surface area contributed by atoms with E-state index in [0.29, 0.717) is 24.4 Å². The van der Waals surface area contributed by atoms with Gasteiger partial charge in [0, 0.05) is 49.2 Å². The van der Waals surface area contributed by atoms with E-state index in [9.17, 15) is 4.79 Å². The summed E-state index contributed by atoms with van der Waals surface area (Å²) in [6.07, 6.45) is 2.97. The van der Waals surface area contributed by atoms with E-state index in [1.165, 1.54) is 38.0 Å². The Morgan fingerprint density at radius 1 is 0.900 bits per heavy atom. The van der Waals surface area contributed by atoms with E-state index in [0.717, 1.165) is 30.2 Å².